The molecule has 1 fully saturated rings. The molecule has 1 aliphatic carbocycles. The molecule has 2 aliphatic rings. The SMILES string of the molecule is O=C(c1cc2c(s1)CCCCC2)N1CCCSC1=NCc1ccccc1. The van der Waals surface area contributed by atoms with Gasteiger partial charge in [-0.05, 0) is 49.3 Å². The lowest BCUT2D eigenvalue weighted by Gasteiger charge is -2.27. The van der Waals surface area contributed by atoms with Crippen molar-refractivity contribution < 1.29 is 4.79 Å². The topological polar surface area (TPSA) is 32.7 Å². The molecule has 0 unspecified atom stereocenters. The standard InChI is InChI=1S/C21H24N2OS2/c24-20(19-14-17-10-5-2-6-11-18(17)26-19)23-12-7-13-25-21(23)22-15-16-8-3-1-4-9-16/h1,3-4,8-9,14H,2,5-7,10-13,15H2. The minimum absolute atomic E-state index is 0.141. The molecule has 0 radical (unpaired) electrons. The van der Waals surface area contributed by atoms with Crippen molar-refractivity contribution >= 4 is 34.2 Å². The number of aliphatic imine (C=N–C) groups is 1. The average Bonchev–Trinajstić information content (AvgIpc) is 2.97. The van der Waals surface area contributed by atoms with Gasteiger partial charge < -0.3 is 0 Å². The van der Waals surface area contributed by atoms with Crippen molar-refractivity contribution in [3.05, 3.63) is 57.3 Å². The van der Waals surface area contributed by atoms with Crippen LogP contribution in [-0.2, 0) is 19.4 Å². The van der Waals surface area contributed by atoms with Crippen molar-refractivity contribution in [1.29, 1.82) is 0 Å². The number of benzene rings is 1. The van der Waals surface area contributed by atoms with Crippen molar-refractivity contribution in [2.75, 3.05) is 12.3 Å². The van der Waals surface area contributed by atoms with Gasteiger partial charge in [0.05, 0.1) is 11.4 Å². The number of carbonyl (C=O) groups excluding carboxylic acids is 1. The van der Waals surface area contributed by atoms with E-state index in [1.165, 1.54) is 35.3 Å². The molecule has 5 heteroatoms. The molecule has 0 N–H and O–H groups in total. The third-order valence-electron chi connectivity index (χ3n) is 4.93. The molecule has 4 rings (SSSR count). The average molecular weight is 385 g/mol. The van der Waals surface area contributed by atoms with Crippen molar-refractivity contribution in [3.8, 4) is 0 Å². The van der Waals surface area contributed by atoms with Crippen LogP contribution in [0.15, 0.2) is 41.4 Å². The quantitative estimate of drug-likeness (QED) is 0.685. The first-order chi connectivity index (χ1) is 12.8. The molecular weight excluding hydrogens is 360 g/mol. The second-order valence-corrected chi connectivity index (χ2v) is 9.06. The number of hydrogen-bond donors (Lipinski definition) is 0. The minimum atomic E-state index is 0.141. The van der Waals surface area contributed by atoms with E-state index < -0.39 is 0 Å². The second-order valence-electron chi connectivity index (χ2n) is 6.86. The molecule has 2 heterocycles. The number of amides is 1. The van der Waals surface area contributed by atoms with Crippen LogP contribution in [0.3, 0.4) is 0 Å². The Labute approximate surface area is 163 Å². The highest BCUT2D eigenvalue weighted by atomic mass is 32.2. The van der Waals surface area contributed by atoms with E-state index in [0.717, 1.165) is 41.6 Å². The van der Waals surface area contributed by atoms with Gasteiger partial charge in [-0.3, -0.25) is 14.7 Å². The maximum Gasteiger partial charge on any atom is 0.269 e. The summed E-state index contributed by atoms with van der Waals surface area (Å²) >= 11 is 3.42. The minimum Gasteiger partial charge on any atom is -0.287 e. The fraction of sp³-hybridized carbons (Fsp3) is 0.429. The number of thiophene rings is 1. The molecule has 1 aromatic carbocycles. The van der Waals surface area contributed by atoms with E-state index in [9.17, 15) is 4.79 Å². The molecule has 0 atom stereocenters. The Morgan fingerprint density at radius 1 is 1.08 bits per heavy atom. The van der Waals surface area contributed by atoms with Gasteiger partial charge in [0.25, 0.3) is 5.91 Å². The van der Waals surface area contributed by atoms with Crippen LogP contribution in [0.25, 0.3) is 0 Å². The third-order valence-corrected chi connectivity index (χ3v) is 7.26. The van der Waals surface area contributed by atoms with Crippen LogP contribution < -0.4 is 0 Å². The number of hydrogen-bond acceptors (Lipinski definition) is 4. The Kier molecular flexibility index (Phi) is 5.75. The summed E-state index contributed by atoms with van der Waals surface area (Å²) in [6, 6.07) is 12.4. The lowest BCUT2D eigenvalue weighted by atomic mass is 10.1. The molecule has 136 valence electrons. The third kappa shape index (κ3) is 4.04. The van der Waals surface area contributed by atoms with Crippen LogP contribution in [0, 0.1) is 0 Å². The first kappa shape index (κ1) is 17.8. The zero-order chi connectivity index (χ0) is 17.8. The van der Waals surface area contributed by atoms with E-state index in [1.807, 2.05) is 23.1 Å². The van der Waals surface area contributed by atoms with Crippen LogP contribution in [0.2, 0.25) is 0 Å². The summed E-state index contributed by atoms with van der Waals surface area (Å²) in [4.78, 5) is 22.2. The van der Waals surface area contributed by atoms with Crippen molar-refractivity contribution in [2.24, 2.45) is 4.99 Å². The van der Waals surface area contributed by atoms with E-state index in [-0.39, 0.29) is 5.91 Å². The Balaban J connectivity index is 1.53. The van der Waals surface area contributed by atoms with Gasteiger partial charge in [0.2, 0.25) is 0 Å². The summed E-state index contributed by atoms with van der Waals surface area (Å²) in [6.45, 7) is 1.41. The predicted octanol–water partition coefficient (Wildman–Crippen LogP) is 5.15. The Hall–Kier alpha value is -1.59. The lowest BCUT2D eigenvalue weighted by Crippen LogP contribution is -2.39. The monoisotopic (exact) mass is 384 g/mol. The summed E-state index contributed by atoms with van der Waals surface area (Å²) in [5.41, 5.74) is 2.59. The number of carbonyl (C=O) groups is 1. The highest BCUT2D eigenvalue weighted by molar-refractivity contribution is 8.13. The van der Waals surface area contributed by atoms with Gasteiger partial charge in [0.15, 0.2) is 5.17 Å². The van der Waals surface area contributed by atoms with Crippen LogP contribution in [-0.4, -0.2) is 28.3 Å². The van der Waals surface area contributed by atoms with Crippen LogP contribution in [0.4, 0.5) is 0 Å². The predicted molar refractivity (Wildman–Crippen MR) is 111 cm³/mol. The fourth-order valence-corrected chi connectivity index (χ4v) is 5.67. The normalized spacial score (nSPS) is 19.2. The number of rotatable bonds is 3. The van der Waals surface area contributed by atoms with Gasteiger partial charge in [0, 0.05) is 17.2 Å². The number of amidine groups is 1. The van der Waals surface area contributed by atoms with Crippen LogP contribution in [0.1, 0.15) is 51.4 Å². The maximum atomic E-state index is 13.2. The molecule has 1 amide bonds. The summed E-state index contributed by atoms with van der Waals surface area (Å²) in [6.07, 6.45) is 7.11. The molecule has 1 aliphatic heterocycles. The Morgan fingerprint density at radius 2 is 1.92 bits per heavy atom. The van der Waals surface area contributed by atoms with Gasteiger partial charge in [0.1, 0.15) is 0 Å². The van der Waals surface area contributed by atoms with Crippen molar-refractivity contribution in [1.82, 2.24) is 4.90 Å². The molecule has 26 heavy (non-hydrogen) atoms. The van der Waals surface area contributed by atoms with Gasteiger partial charge in [-0.2, -0.15) is 0 Å². The molecule has 0 saturated carbocycles. The smallest absolute Gasteiger partial charge is 0.269 e. The van der Waals surface area contributed by atoms with Gasteiger partial charge in [-0.25, -0.2) is 0 Å². The van der Waals surface area contributed by atoms with E-state index in [4.69, 9.17) is 4.99 Å². The zero-order valence-corrected chi connectivity index (χ0v) is 16.6. The highest BCUT2D eigenvalue weighted by Gasteiger charge is 2.27. The van der Waals surface area contributed by atoms with E-state index in [1.54, 1.807) is 23.1 Å². The van der Waals surface area contributed by atoms with E-state index >= 15 is 0 Å². The fourth-order valence-electron chi connectivity index (χ4n) is 3.53. The number of nitrogens with zero attached hydrogens (tertiary/aromatic N) is 2. The van der Waals surface area contributed by atoms with Gasteiger partial charge >= 0.3 is 0 Å². The van der Waals surface area contributed by atoms with Gasteiger partial charge in [-0.15, -0.1) is 11.3 Å². The van der Waals surface area contributed by atoms with Crippen molar-refractivity contribution in [3.63, 3.8) is 0 Å². The molecule has 2 aromatic rings. The molecule has 1 aromatic heterocycles. The maximum absolute atomic E-state index is 13.2. The summed E-state index contributed by atoms with van der Waals surface area (Å²) < 4.78 is 0. The Morgan fingerprint density at radius 3 is 2.81 bits per heavy atom. The summed E-state index contributed by atoms with van der Waals surface area (Å²) in [5, 5.41) is 0.883. The van der Waals surface area contributed by atoms with E-state index in [0.29, 0.717) is 6.54 Å². The lowest BCUT2D eigenvalue weighted by molar-refractivity contribution is 0.0853. The first-order valence-electron chi connectivity index (χ1n) is 9.46. The largest absolute Gasteiger partial charge is 0.287 e. The summed E-state index contributed by atoms with van der Waals surface area (Å²) in [5.74, 6) is 1.18. The number of aryl methyl sites for hydroxylation is 2. The molecule has 0 spiro atoms. The summed E-state index contributed by atoms with van der Waals surface area (Å²) in [7, 11) is 0. The second kappa shape index (κ2) is 8.40. The number of thioether (sulfide) groups is 1. The molecule has 3 nitrogen and oxygen atoms in total. The van der Waals surface area contributed by atoms with E-state index in [2.05, 4.69) is 18.2 Å². The zero-order valence-electron chi connectivity index (χ0n) is 14.9. The molecule has 0 bridgehead atoms. The first-order valence-corrected chi connectivity index (χ1v) is 11.3. The van der Waals surface area contributed by atoms with Crippen molar-refractivity contribution in [2.45, 2.75) is 45.1 Å². The van der Waals surface area contributed by atoms with Crippen LogP contribution in [0.5, 0.6) is 0 Å². The van der Waals surface area contributed by atoms with Crippen LogP contribution >= 0.6 is 23.1 Å². The molecule has 1 saturated heterocycles. The van der Waals surface area contributed by atoms with Gasteiger partial charge in [-0.1, -0.05) is 48.5 Å². The Bertz CT molecular complexity index is 774. The molecular formula is C21H24N2OS2. The number of fused-ring (bicyclic) bond motifs is 1. The highest BCUT2D eigenvalue weighted by Crippen LogP contribution is 2.31.